The number of nitrogens with one attached hydrogen (secondary N) is 3. The number of hydrogen-bond donors (Lipinski definition) is 3. The summed E-state index contributed by atoms with van der Waals surface area (Å²) < 4.78 is 5.37. The van der Waals surface area contributed by atoms with Crippen LogP contribution >= 0.6 is 11.8 Å². The van der Waals surface area contributed by atoms with Gasteiger partial charge >= 0.3 is 0 Å². The van der Waals surface area contributed by atoms with E-state index in [1.54, 1.807) is 31.2 Å². The number of anilines is 2. The van der Waals surface area contributed by atoms with Crippen molar-refractivity contribution >= 4 is 40.6 Å². The summed E-state index contributed by atoms with van der Waals surface area (Å²) in [5.74, 6) is -0.968. The van der Waals surface area contributed by atoms with E-state index in [2.05, 4.69) is 22.0 Å². The van der Waals surface area contributed by atoms with E-state index in [9.17, 15) is 25.0 Å². The minimum atomic E-state index is -0.678. The number of para-hydroxylation sites is 2. The molecule has 202 valence electrons. The van der Waals surface area contributed by atoms with E-state index in [4.69, 9.17) is 4.74 Å². The molecule has 0 fully saturated rings. The van der Waals surface area contributed by atoms with Crippen LogP contribution in [0.15, 0.2) is 101 Å². The summed E-state index contributed by atoms with van der Waals surface area (Å²) in [6, 6.07) is 24.0. The molecule has 3 N–H and O–H groups in total. The largest absolute Gasteiger partial charge is 0.495 e. The Bertz CT molecular complexity index is 1540. The number of amides is 2. The number of benzene rings is 3. The third kappa shape index (κ3) is 6.31. The quantitative estimate of drug-likeness (QED) is 0.238. The van der Waals surface area contributed by atoms with Crippen molar-refractivity contribution in [1.82, 2.24) is 5.32 Å². The van der Waals surface area contributed by atoms with Gasteiger partial charge in [-0.25, -0.2) is 0 Å². The topological polar surface area (TPSA) is 146 Å². The highest BCUT2D eigenvalue weighted by atomic mass is 32.2. The zero-order valence-corrected chi connectivity index (χ0v) is 22.5. The number of methoxy groups -OCH3 is 1. The highest BCUT2D eigenvalue weighted by Gasteiger charge is 2.35. The number of nitrogens with zero attached hydrogens (tertiary/aromatic N) is 2. The molecule has 1 aliphatic rings. The van der Waals surface area contributed by atoms with Gasteiger partial charge < -0.3 is 20.7 Å². The number of nitriles is 1. The van der Waals surface area contributed by atoms with Gasteiger partial charge in [-0.05, 0) is 36.8 Å². The molecule has 4 rings (SSSR count). The number of rotatable bonds is 9. The van der Waals surface area contributed by atoms with Gasteiger partial charge in [-0.15, -0.1) is 0 Å². The maximum atomic E-state index is 13.6. The Labute approximate surface area is 234 Å². The van der Waals surface area contributed by atoms with Gasteiger partial charge in [0.2, 0.25) is 5.91 Å². The lowest BCUT2D eigenvalue weighted by Crippen LogP contribution is -2.31. The fourth-order valence-corrected chi connectivity index (χ4v) is 5.14. The number of thioether (sulfide) groups is 1. The number of non-ortho nitro benzene ring substituents is 1. The standard InChI is InChI=1S/C29H25N5O5S/c1-18-26(28(36)33-23-10-6-7-11-24(23)39-2)27(19-8-4-3-5-9-19)22(16-30)29(31-18)40-17-25(35)32-20-12-14-21(15-13-20)34(37)38/h3-15,27,31H,17H2,1-2H3,(H,32,35)(H,33,36). The lowest BCUT2D eigenvalue weighted by molar-refractivity contribution is -0.384. The van der Waals surface area contributed by atoms with Crippen molar-refractivity contribution in [3.63, 3.8) is 0 Å². The lowest BCUT2D eigenvalue weighted by atomic mass is 9.82. The Morgan fingerprint density at radius 2 is 1.73 bits per heavy atom. The molecular weight excluding hydrogens is 530 g/mol. The fraction of sp³-hybridized carbons (Fsp3) is 0.138. The van der Waals surface area contributed by atoms with E-state index in [1.807, 2.05) is 30.3 Å². The zero-order chi connectivity index (χ0) is 28.6. The average molecular weight is 556 g/mol. The fourth-order valence-electron chi connectivity index (χ4n) is 4.25. The van der Waals surface area contributed by atoms with E-state index < -0.39 is 16.7 Å². The van der Waals surface area contributed by atoms with Crippen LogP contribution in [0.5, 0.6) is 5.75 Å². The molecule has 2 amide bonds. The number of carbonyl (C=O) groups is 2. The summed E-state index contributed by atoms with van der Waals surface area (Å²) >= 11 is 1.13. The Morgan fingerprint density at radius 3 is 2.38 bits per heavy atom. The van der Waals surface area contributed by atoms with Crippen LogP contribution in [0.25, 0.3) is 0 Å². The second kappa shape index (κ2) is 12.6. The highest BCUT2D eigenvalue weighted by Crippen LogP contribution is 2.41. The molecule has 10 nitrogen and oxygen atoms in total. The predicted molar refractivity (Wildman–Crippen MR) is 153 cm³/mol. The van der Waals surface area contributed by atoms with Gasteiger partial charge in [-0.1, -0.05) is 54.2 Å². The van der Waals surface area contributed by atoms with Crippen molar-refractivity contribution in [2.45, 2.75) is 12.8 Å². The van der Waals surface area contributed by atoms with E-state index in [0.29, 0.717) is 39.0 Å². The smallest absolute Gasteiger partial charge is 0.269 e. The minimum Gasteiger partial charge on any atom is -0.495 e. The maximum absolute atomic E-state index is 13.6. The molecule has 1 heterocycles. The molecule has 0 spiro atoms. The van der Waals surface area contributed by atoms with Crippen molar-refractivity contribution in [3.05, 3.63) is 116 Å². The van der Waals surface area contributed by atoms with Crippen molar-refractivity contribution < 1.29 is 19.2 Å². The molecule has 1 unspecified atom stereocenters. The van der Waals surface area contributed by atoms with Crippen LogP contribution in [0.2, 0.25) is 0 Å². The van der Waals surface area contributed by atoms with Crippen molar-refractivity contribution in [1.29, 1.82) is 5.26 Å². The number of allylic oxidation sites excluding steroid dienone is 2. The third-order valence-corrected chi connectivity index (χ3v) is 7.11. The predicted octanol–water partition coefficient (Wildman–Crippen LogP) is 5.31. The Morgan fingerprint density at radius 1 is 1.05 bits per heavy atom. The molecule has 0 saturated carbocycles. The first-order valence-corrected chi connectivity index (χ1v) is 13.1. The average Bonchev–Trinajstić information content (AvgIpc) is 2.96. The minimum absolute atomic E-state index is 0.0396. The maximum Gasteiger partial charge on any atom is 0.269 e. The van der Waals surface area contributed by atoms with Gasteiger partial charge in [0, 0.05) is 29.1 Å². The summed E-state index contributed by atoms with van der Waals surface area (Å²) in [5.41, 5.74) is 2.78. The monoisotopic (exact) mass is 555 g/mol. The summed E-state index contributed by atoms with van der Waals surface area (Å²) in [4.78, 5) is 36.6. The number of ether oxygens (including phenoxy) is 1. The molecule has 3 aromatic carbocycles. The third-order valence-electron chi connectivity index (χ3n) is 6.09. The van der Waals surface area contributed by atoms with Gasteiger partial charge in [-0.2, -0.15) is 5.26 Å². The molecule has 11 heteroatoms. The second-order valence-corrected chi connectivity index (χ2v) is 9.64. The Hall–Kier alpha value is -5.08. The molecule has 0 aromatic heterocycles. The van der Waals surface area contributed by atoms with Crippen molar-refractivity contribution in [2.24, 2.45) is 0 Å². The Kier molecular flexibility index (Phi) is 8.83. The van der Waals surface area contributed by atoms with Crippen LogP contribution < -0.4 is 20.7 Å². The molecule has 0 bridgehead atoms. The van der Waals surface area contributed by atoms with Crippen molar-refractivity contribution in [3.8, 4) is 11.8 Å². The van der Waals surface area contributed by atoms with E-state index in [0.717, 1.165) is 17.3 Å². The molecular formula is C29H25N5O5S. The molecule has 1 aliphatic heterocycles. The van der Waals surface area contributed by atoms with Crippen LogP contribution in [0.4, 0.5) is 17.1 Å². The number of nitro benzene ring substituents is 1. The molecule has 40 heavy (non-hydrogen) atoms. The molecule has 0 radical (unpaired) electrons. The van der Waals surface area contributed by atoms with Gasteiger partial charge in [0.25, 0.3) is 11.6 Å². The molecule has 0 saturated heterocycles. The van der Waals surface area contributed by atoms with Crippen LogP contribution in [0, 0.1) is 21.4 Å². The van der Waals surface area contributed by atoms with Crippen LogP contribution in [0.3, 0.4) is 0 Å². The summed E-state index contributed by atoms with van der Waals surface area (Å²) in [5, 5.41) is 30.3. The second-order valence-electron chi connectivity index (χ2n) is 8.66. The van der Waals surface area contributed by atoms with Crippen LogP contribution in [-0.4, -0.2) is 29.6 Å². The van der Waals surface area contributed by atoms with E-state index in [-0.39, 0.29) is 17.3 Å². The summed E-state index contributed by atoms with van der Waals surface area (Å²) in [7, 11) is 1.52. The highest BCUT2D eigenvalue weighted by molar-refractivity contribution is 8.03. The first-order valence-electron chi connectivity index (χ1n) is 12.1. The zero-order valence-electron chi connectivity index (χ0n) is 21.6. The number of carbonyl (C=O) groups excluding carboxylic acids is 2. The van der Waals surface area contributed by atoms with Crippen LogP contribution in [-0.2, 0) is 9.59 Å². The van der Waals surface area contributed by atoms with Gasteiger partial charge in [-0.3, -0.25) is 19.7 Å². The van der Waals surface area contributed by atoms with Crippen molar-refractivity contribution in [2.75, 3.05) is 23.5 Å². The van der Waals surface area contributed by atoms with Gasteiger partial charge in [0.1, 0.15) is 5.75 Å². The normalized spacial score (nSPS) is 14.6. The number of dihydropyridines is 1. The molecule has 0 aliphatic carbocycles. The summed E-state index contributed by atoms with van der Waals surface area (Å²) in [6.45, 7) is 1.75. The number of hydrogen-bond acceptors (Lipinski definition) is 8. The number of nitro groups is 1. The van der Waals surface area contributed by atoms with Gasteiger partial charge in [0.15, 0.2) is 0 Å². The SMILES string of the molecule is COc1ccccc1NC(=O)C1=C(C)NC(SCC(=O)Nc2ccc([N+](=O)[O-])cc2)=C(C#N)C1c1ccccc1. The first kappa shape index (κ1) is 27.9. The summed E-state index contributed by atoms with van der Waals surface area (Å²) in [6.07, 6.45) is 0. The van der Waals surface area contributed by atoms with E-state index in [1.165, 1.54) is 31.4 Å². The first-order chi connectivity index (χ1) is 19.3. The lowest BCUT2D eigenvalue weighted by Gasteiger charge is -2.30. The van der Waals surface area contributed by atoms with E-state index >= 15 is 0 Å². The molecule has 3 aromatic rings. The van der Waals surface area contributed by atoms with Gasteiger partial charge in [0.05, 0.1) is 46.1 Å². The molecule has 1 atom stereocenters. The Balaban J connectivity index is 1.59. The van der Waals surface area contributed by atoms with Crippen LogP contribution in [0.1, 0.15) is 18.4 Å².